The van der Waals surface area contributed by atoms with Crippen molar-refractivity contribution in [3.63, 3.8) is 0 Å². The van der Waals surface area contributed by atoms with E-state index >= 15 is 0 Å². The van der Waals surface area contributed by atoms with Crippen LogP contribution in [-0.4, -0.2) is 11.5 Å². The first-order chi connectivity index (χ1) is 7.79. The second-order valence-corrected chi connectivity index (χ2v) is 4.92. The largest absolute Gasteiger partial charge is 0.330 e. The van der Waals surface area contributed by atoms with Gasteiger partial charge in [-0.2, -0.15) is 0 Å². The molecule has 0 bridgehead atoms. The summed E-state index contributed by atoms with van der Waals surface area (Å²) in [6.45, 7) is 2.76. The lowest BCUT2D eigenvalue weighted by Crippen LogP contribution is -2.14. The minimum atomic E-state index is 0.350. The molecule has 3 heteroatoms. The van der Waals surface area contributed by atoms with E-state index in [1.165, 1.54) is 11.1 Å². The van der Waals surface area contributed by atoms with Crippen LogP contribution in [0.2, 0.25) is 0 Å². The van der Waals surface area contributed by atoms with Gasteiger partial charge in [0.1, 0.15) is 0 Å². The number of benzene rings is 1. The standard InChI is InChI=1S/C13H16N2S/c1-10-2-4-11(5-3-10)8-12(9-14)13-15-6-7-16-13/h2-7,12H,8-9,14H2,1H3. The molecule has 2 aromatic rings. The lowest BCUT2D eigenvalue weighted by Gasteiger charge is -2.11. The third kappa shape index (κ3) is 2.68. The van der Waals surface area contributed by atoms with E-state index < -0.39 is 0 Å². The number of nitrogens with two attached hydrogens (primary N) is 1. The van der Waals surface area contributed by atoms with Crippen LogP contribution >= 0.6 is 11.3 Å². The minimum absolute atomic E-state index is 0.350. The normalized spacial score (nSPS) is 12.6. The first-order valence-electron chi connectivity index (χ1n) is 5.44. The Morgan fingerprint density at radius 1 is 1.31 bits per heavy atom. The fourth-order valence-corrected chi connectivity index (χ4v) is 2.47. The Hall–Kier alpha value is -1.19. The summed E-state index contributed by atoms with van der Waals surface area (Å²) in [5.41, 5.74) is 8.43. The zero-order valence-electron chi connectivity index (χ0n) is 9.39. The van der Waals surface area contributed by atoms with E-state index in [0.29, 0.717) is 12.5 Å². The predicted octanol–water partition coefficient (Wildman–Crippen LogP) is 2.74. The van der Waals surface area contributed by atoms with Crippen molar-refractivity contribution in [2.45, 2.75) is 19.3 Å². The highest BCUT2D eigenvalue weighted by molar-refractivity contribution is 7.09. The number of hydrogen-bond acceptors (Lipinski definition) is 3. The third-order valence-corrected chi connectivity index (χ3v) is 3.63. The summed E-state index contributed by atoms with van der Waals surface area (Å²) in [5.74, 6) is 0.350. The van der Waals surface area contributed by atoms with Crippen LogP contribution in [0.15, 0.2) is 35.8 Å². The monoisotopic (exact) mass is 232 g/mol. The molecule has 0 saturated carbocycles. The first-order valence-corrected chi connectivity index (χ1v) is 6.32. The van der Waals surface area contributed by atoms with E-state index in [1.54, 1.807) is 11.3 Å². The van der Waals surface area contributed by atoms with Crippen LogP contribution in [-0.2, 0) is 6.42 Å². The number of nitrogens with zero attached hydrogens (tertiary/aromatic N) is 1. The summed E-state index contributed by atoms with van der Waals surface area (Å²) < 4.78 is 0. The van der Waals surface area contributed by atoms with Crippen LogP contribution in [0, 0.1) is 6.92 Å². The van der Waals surface area contributed by atoms with Gasteiger partial charge < -0.3 is 5.73 Å². The van der Waals surface area contributed by atoms with Gasteiger partial charge in [0.25, 0.3) is 0 Å². The zero-order valence-corrected chi connectivity index (χ0v) is 10.2. The van der Waals surface area contributed by atoms with Crippen molar-refractivity contribution in [3.8, 4) is 0 Å². The van der Waals surface area contributed by atoms with Gasteiger partial charge in [-0.15, -0.1) is 11.3 Å². The summed E-state index contributed by atoms with van der Waals surface area (Å²) in [5, 5.41) is 3.15. The lowest BCUT2D eigenvalue weighted by molar-refractivity contribution is 0.688. The molecule has 2 rings (SSSR count). The average molecular weight is 232 g/mol. The maximum Gasteiger partial charge on any atom is 0.0971 e. The quantitative estimate of drug-likeness (QED) is 0.880. The maximum absolute atomic E-state index is 5.81. The van der Waals surface area contributed by atoms with E-state index in [1.807, 2.05) is 11.6 Å². The predicted molar refractivity (Wildman–Crippen MR) is 68.8 cm³/mol. The number of rotatable bonds is 4. The highest BCUT2D eigenvalue weighted by Crippen LogP contribution is 2.21. The average Bonchev–Trinajstić information content (AvgIpc) is 2.82. The minimum Gasteiger partial charge on any atom is -0.330 e. The number of aromatic nitrogens is 1. The Morgan fingerprint density at radius 2 is 2.06 bits per heavy atom. The Kier molecular flexibility index (Phi) is 3.70. The van der Waals surface area contributed by atoms with Crippen molar-refractivity contribution in [1.82, 2.24) is 4.98 Å². The molecular formula is C13H16N2S. The molecule has 0 spiro atoms. The van der Waals surface area contributed by atoms with Gasteiger partial charge >= 0.3 is 0 Å². The Labute approximate surface area is 100 Å². The molecule has 0 amide bonds. The van der Waals surface area contributed by atoms with Crippen molar-refractivity contribution in [2.24, 2.45) is 5.73 Å². The summed E-state index contributed by atoms with van der Waals surface area (Å²) in [6, 6.07) is 8.63. The molecule has 0 saturated heterocycles. The molecule has 1 aromatic heterocycles. The zero-order chi connectivity index (χ0) is 11.4. The Bertz CT molecular complexity index is 420. The molecule has 1 aromatic carbocycles. The molecule has 2 nitrogen and oxygen atoms in total. The summed E-state index contributed by atoms with van der Waals surface area (Å²) in [6.07, 6.45) is 2.82. The van der Waals surface area contributed by atoms with Gasteiger partial charge in [-0.25, -0.2) is 4.98 Å². The van der Waals surface area contributed by atoms with Crippen molar-refractivity contribution in [3.05, 3.63) is 52.0 Å². The lowest BCUT2D eigenvalue weighted by atomic mass is 9.99. The van der Waals surface area contributed by atoms with Gasteiger partial charge in [-0.1, -0.05) is 29.8 Å². The maximum atomic E-state index is 5.81. The Balaban J connectivity index is 2.10. The van der Waals surface area contributed by atoms with Gasteiger partial charge in [0.05, 0.1) is 5.01 Å². The van der Waals surface area contributed by atoms with Gasteiger partial charge in [-0.05, 0) is 18.9 Å². The number of aryl methyl sites for hydroxylation is 1. The van der Waals surface area contributed by atoms with E-state index in [0.717, 1.165) is 11.4 Å². The van der Waals surface area contributed by atoms with Crippen LogP contribution in [0.1, 0.15) is 22.1 Å². The second kappa shape index (κ2) is 5.23. The van der Waals surface area contributed by atoms with Crippen LogP contribution in [0.3, 0.4) is 0 Å². The summed E-state index contributed by atoms with van der Waals surface area (Å²) >= 11 is 1.69. The SMILES string of the molecule is Cc1ccc(CC(CN)c2nccs2)cc1. The molecule has 0 radical (unpaired) electrons. The van der Waals surface area contributed by atoms with Gasteiger partial charge in [0.2, 0.25) is 0 Å². The van der Waals surface area contributed by atoms with Crippen LogP contribution in [0.5, 0.6) is 0 Å². The highest BCUT2D eigenvalue weighted by Gasteiger charge is 2.12. The first kappa shape index (κ1) is 11.3. The third-order valence-electron chi connectivity index (χ3n) is 2.69. The molecule has 0 aliphatic rings. The van der Waals surface area contributed by atoms with Crippen LogP contribution < -0.4 is 5.73 Å². The fraction of sp³-hybridized carbons (Fsp3) is 0.308. The van der Waals surface area contributed by atoms with Gasteiger partial charge in [-0.3, -0.25) is 0 Å². The molecule has 0 aliphatic heterocycles. The van der Waals surface area contributed by atoms with E-state index in [9.17, 15) is 0 Å². The molecule has 1 heterocycles. The molecule has 1 unspecified atom stereocenters. The van der Waals surface area contributed by atoms with Crippen molar-refractivity contribution in [2.75, 3.05) is 6.54 Å². The molecular weight excluding hydrogens is 216 g/mol. The topological polar surface area (TPSA) is 38.9 Å². The summed E-state index contributed by atoms with van der Waals surface area (Å²) in [7, 11) is 0. The van der Waals surface area contributed by atoms with Gasteiger partial charge in [0, 0.05) is 24.0 Å². The van der Waals surface area contributed by atoms with Crippen molar-refractivity contribution in [1.29, 1.82) is 0 Å². The number of thiazole rings is 1. The van der Waals surface area contributed by atoms with Crippen molar-refractivity contribution >= 4 is 11.3 Å². The van der Waals surface area contributed by atoms with Crippen LogP contribution in [0.4, 0.5) is 0 Å². The van der Waals surface area contributed by atoms with E-state index in [2.05, 4.69) is 36.2 Å². The smallest absolute Gasteiger partial charge is 0.0971 e. The van der Waals surface area contributed by atoms with Gasteiger partial charge in [0.15, 0.2) is 0 Å². The molecule has 0 aliphatic carbocycles. The van der Waals surface area contributed by atoms with E-state index in [4.69, 9.17) is 5.73 Å². The van der Waals surface area contributed by atoms with E-state index in [-0.39, 0.29) is 0 Å². The molecule has 0 fully saturated rings. The molecule has 16 heavy (non-hydrogen) atoms. The highest BCUT2D eigenvalue weighted by atomic mass is 32.1. The molecule has 1 atom stereocenters. The summed E-state index contributed by atoms with van der Waals surface area (Å²) in [4.78, 5) is 4.34. The second-order valence-electron chi connectivity index (χ2n) is 3.99. The number of hydrogen-bond donors (Lipinski definition) is 1. The molecule has 2 N–H and O–H groups in total. The Morgan fingerprint density at radius 3 is 2.62 bits per heavy atom. The molecule has 84 valence electrons. The fourth-order valence-electron chi connectivity index (χ4n) is 1.72. The van der Waals surface area contributed by atoms with Crippen LogP contribution in [0.25, 0.3) is 0 Å². The van der Waals surface area contributed by atoms with Crippen molar-refractivity contribution < 1.29 is 0 Å².